The van der Waals surface area contributed by atoms with Gasteiger partial charge in [-0.05, 0) is 30.0 Å². The number of hydrogen-bond donors (Lipinski definition) is 1. The Morgan fingerprint density at radius 2 is 2.25 bits per heavy atom. The van der Waals surface area contributed by atoms with Gasteiger partial charge in [-0.15, -0.1) is 0 Å². The quantitative estimate of drug-likeness (QED) is 0.735. The number of methoxy groups -OCH3 is 1. The molecule has 4 heteroatoms. The summed E-state index contributed by atoms with van der Waals surface area (Å²) < 4.78 is 5.22. The topological polar surface area (TPSA) is 71.9 Å². The summed E-state index contributed by atoms with van der Waals surface area (Å²) in [6.07, 6.45) is 1.60. The molecule has 2 rings (SSSR count). The standard InChI is InChI=1S/C12H11N3O/c1-7-5-8-3-4-15-9(6-13)10(8)11(14)12(7)16-2/h3-5H,14H2,1-2H3. The van der Waals surface area contributed by atoms with Gasteiger partial charge in [0.15, 0.2) is 0 Å². The smallest absolute Gasteiger partial charge is 0.150 e. The first-order valence-electron chi connectivity index (χ1n) is 4.81. The van der Waals surface area contributed by atoms with Crippen LogP contribution in [0.4, 0.5) is 5.69 Å². The predicted octanol–water partition coefficient (Wildman–Crippen LogP) is 2.01. The van der Waals surface area contributed by atoms with Crippen LogP contribution in [0.2, 0.25) is 0 Å². The van der Waals surface area contributed by atoms with Gasteiger partial charge in [-0.25, -0.2) is 4.98 Å². The maximum Gasteiger partial charge on any atom is 0.150 e. The number of aromatic nitrogens is 1. The van der Waals surface area contributed by atoms with Crippen molar-refractivity contribution in [3.05, 3.63) is 29.6 Å². The van der Waals surface area contributed by atoms with Crippen molar-refractivity contribution in [3.8, 4) is 11.8 Å². The second kappa shape index (κ2) is 3.70. The number of nitriles is 1. The number of pyridine rings is 1. The Labute approximate surface area is 93.3 Å². The predicted molar refractivity (Wildman–Crippen MR) is 62.2 cm³/mol. The summed E-state index contributed by atoms with van der Waals surface area (Å²) in [5, 5.41) is 10.5. The van der Waals surface area contributed by atoms with E-state index in [1.165, 1.54) is 0 Å². The molecular formula is C12H11N3O. The van der Waals surface area contributed by atoms with E-state index in [2.05, 4.69) is 4.98 Å². The Kier molecular flexibility index (Phi) is 2.37. The summed E-state index contributed by atoms with van der Waals surface area (Å²) in [7, 11) is 1.56. The third kappa shape index (κ3) is 1.34. The van der Waals surface area contributed by atoms with Gasteiger partial charge in [0.05, 0.1) is 12.8 Å². The molecule has 0 aliphatic rings. The van der Waals surface area contributed by atoms with Crippen LogP contribution < -0.4 is 10.5 Å². The average Bonchev–Trinajstić information content (AvgIpc) is 2.28. The molecule has 0 aliphatic heterocycles. The number of nitrogens with zero attached hydrogens (tertiary/aromatic N) is 2. The number of ether oxygens (including phenoxy) is 1. The van der Waals surface area contributed by atoms with E-state index in [4.69, 9.17) is 15.7 Å². The van der Waals surface area contributed by atoms with E-state index in [-0.39, 0.29) is 0 Å². The van der Waals surface area contributed by atoms with Crippen LogP contribution in [0.3, 0.4) is 0 Å². The zero-order valence-corrected chi connectivity index (χ0v) is 9.11. The minimum absolute atomic E-state index is 0.327. The molecule has 80 valence electrons. The Balaban J connectivity index is 2.96. The summed E-state index contributed by atoms with van der Waals surface area (Å²) in [6, 6.07) is 5.80. The van der Waals surface area contributed by atoms with E-state index in [1.54, 1.807) is 13.3 Å². The van der Waals surface area contributed by atoms with Crippen LogP contribution in [0.25, 0.3) is 10.8 Å². The van der Waals surface area contributed by atoms with Crippen LogP contribution in [-0.2, 0) is 0 Å². The van der Waals surface area contributed by atoms with Crippen LogP contribution in [-0.4, -0.2) is 12.1 Å². The molecule has 0 radical (unpaired) electrons. The summed E-state index contributed by atoms with van der Waals surface area (Å²) in [4.78, 5) is 3.99. The number of hydrogen-bond acceptors (Lipinski definition) is 4. The Morgan fingerprint density at radius 3 is 2.88 bits per heavy atom. The molecule has 2 aromatic rings. The molecule has 2 N–H and O–H groups in total. The second-order valence-corrected chi connectivity index (χ2v) is 3.51. The molecule has 0 amide bonds. The second-order valence-electron chi connectivity index (χ2n) is 3.51. The maximum atomic E-state index is 8.98. The molecule has 0 saturated heterocycles. The third-order valence-electron chi connectivity index (χ3n) is 2.54. The highest BCUT2D eigenvalue weighted by Gasteiger charge is 2.12. The van der Waals surface area contributed by atoms with Crippen molar-refractivity contribution in [1.29, 1.82) is 5.26 Å². The highest BCUT2D eigenvalue weighted by Crippen LogP contribution is 2.34. The molecule has 1 aromatic carbocycles. The number of nitrogen functional groups attached to an aromatic ring is 1. The maximum absolute atomic E-state index is 8.98. The normalized spacial score (nSPS) is 10.1. The van der Waals surface area contributed by atoms with Gasteiger partial charge in [-0.3, -0.25) is 0 Å². The molecule has 4 nitrogen and oxygen atoms in total. The van der Waals surface area contributed by atoms with Gasteiger partial charge in [-0.2, -0.15) is 5.26 Å². The van der Waals surface area contributed by atoms with Crippen LogP contribution in [0.15, 0.2) is 18.3 Å². The van der Waals surface area contributed by atoms with E-state index in [0.29, 0.717) is 22.5 Å². The van der Waals surface area contributed by atoms with Crippen LogP contribution in [0, 0.1) is 18.3 Å². The fraction of sp³-hybridized carbons (Fsp3) is 0.167. The molecule has 0 aliphatic carbocycles. The molecule has 16 heavy (non-hydrogen) atoms. The highest BCUT2D eigenvalue weighted by molar-refractivity contribution is 5.99. The Bertz CT molecular complexity index is 599. The molecular weight excluding hydrogens is 202 g/mol. The first-order valence-corrected chi connectivity index (χ1v) is 4.81. The third-order valence-corrected chi connectivity index (χ3v) is 2.54. The lowest BCUT2D eigenvalue weighted by Gasteiger charge is -2.11. The van der Waals surface area contributed by atoms with Crippen LogP contribution in [0.1, 0.15) is 11.3 Å². The first-order chi connectivity index (χ1) is 7.69. The van der Waals surface area contributed by atoms with Crippen molar-refractivity contribution >= 4 is 16.5 Å². The lowest BCUT2D eigenvalue weighted by Crippen LogP contribution is -1.98. The van der Waals surface area contributed by atoms with Gasteiger partial charge in [0.25, 0.3) is 0 Å². The Hall–Kier alpha value is -2.28. The molecule has 0 fully saturated rings. The molecule has 0 bridgehead atoms. The zero-order chi connectivity index (χ0) is 11.7. The van der Waals surface area contributed by atoms with Gasteiger partial charge in [0, 0.05) is 11.6 Å². The fourth-order valence-electron chi connectivity index (χ4n) is 1.86. The van der Waals surface area contributed by atoms with Gasteiger partial charge in [0.2, 0.25) is 0 Å². The minimum Gasteiger partial charge on any atom is -0.494 e. The lowest BCUT2D eigenvalue weighted by atomic mass is 10.0. The lowest BCUT2D eigenvalue weighted by molar-refractivity contribution is 0.414. The van der Waals surface area contributed by atoms with Gasteiger partial charge in [0.1, 0.15) is 17.5 Å². The highest BCUT2D eigenvalue weighted by atomic mass is 16.5. The van der Waals surface area contributed by atoms with Gasteiger partial charge in [-0.1, -0.05) is 0 Å². The first kappa shape index (κ1) is 10.2. The molecule has 1 aromatic heterocycles. The van der Waals surface area contributed by atoms with E-state index in [9.17, 15) is 0 Å². The average molecular weight is 213 g/mol. The van der Waals surface area contributed by atoms with Crippen molar-refractivity contribution in [1.82, 2.24) is 4.98 Å². The van der Waals surface area contributed by atoms with E-state index in [0.717, 1.165) is 10.9 Å². The summed E-state index contributed by atoms with van der Waals surface area (Å²) in [6.45, 7) is 1.92. The van der Waals surface area contributed by atoms with Crippen molar-refractivity contribution in [2.24, 2.45) is 0 Å². The molecule has 0 spiro atoms. The SMILES string of the molecule is COc1c(C)cc2ccnc(C#N)c2c1N. The van der Waals surface area contributed by atoms with Crippen molar-refractivity contribution in [2.45, 2.75) is 6.92 Å². The minimum atomic E-state index is 0.327. The molecule has 0 atom stereocenters. The number of anilines is 1. The molecule has 0 unspecified atom stereocenters. The number of fused-ring (bicyclic) bond motifs is 1. The number of nitrogens with two attached hydrogens (primary N) is 1. The summed E-state index contributed by atoms with van der Waals surface area (Å²) in [5.41, 5.74) is 7.74. The largest absolute Gasteiger partial charge is 0.494 e. The van der Waals surface area contributed by atoms with Gasteiger partial charge < -0.3 is 10.5 Å². The van der Waals surface area contributed by atoms with E-state index >= 15 is 0 Å². The van der Waals surface area contributed by atoms with Crippen LogP contribution in [0.5, 0.6) is 5.75 Å². The monoisotopic (exact) mass is 213 g/mol. The number of aryl methyl sites for hydroxylation is 1. The van der Waals surface area contributed by atoms with Crippen molar-refractivity contribution in [2.75, 3.05) is 12.8 Å². The number of benzene rings is 1. The van der Waals surface area contributed by atoms with Crippen molar-refractivity contribution in [3.63, 3.8) is 0 Å². The van der Waals surface area contributed by atoms with E-state index < -0.39 is 0 Å². The summed E-state index contributed by atoms with van der Waals surface area (Å²) >= 11 is 0. The molecule has 1 heterocycles. The fourth-order valence-corrected chi connectivity index (χ4v) is 1.86. The van der Waals surface area contributed by atoms with Crippen molar-refractivity contribution < 1.29 is 4.74 Å². The number of rotatable bonds is 1. The molecule has 0 saturated carbocycles. The summed E-state index contributed by atoms with van der Waals surface area (Å²) in [5.74, 6) is 0.608. The zero-order valence-electron chi connectivity index (χ0n) is 9.11. The van der Waals surface area contributed by atoms with Gasteiger partial charge >= 0.3 is 0 Å². The van der Waals surface area contributed by atoms with Crippen LogP contribution >= 0.6 is 0 Å². The Morgan fingerprint density at radius 1 is 1.50 bits per heavy atom. The van der Waals surface area contributed by atoms with E-state index in [1.807, 2.05) is 25.1 Å².